The molecule has 2 rings (SSSR count). The Bertz CT molecular complexity index is 988. The highest BCUT2D eigenvalue weighted by atomic mass is 32.2. The Labute approximate surface area is 173 Å². The third kappa shape index (κ3) is 7.03. The second-order valence-corrected chi connectivity index (χ2v) is 8.70. The van der Waals surface area contributed by atoms with E-state index in [1.165, 1.54) is 36.4 Å². The lowest BCUT2D eigenvalue weighted by Crippen LogP contribution is -2.30. The number of aryl methyl sites for hydroxylation is 1. The summed E-state index contributed by atoms with van der Waals surface area (Å²) in [5.41, 5.74) is 1.46. The van der Waals surface area contributed by atoms with E-state index < -0.39 is 28.7 Å². The van der Waals surface area contributed by atoms with Gasteiger partial charge in [-0.2, -0.15) is 13.2 Å². The number of ether oxygens (including phenoxy) is 1. The van der Waals surface area contributed by atoms with Crippen molar-refractivity contribution in [2.24, 2.45) is 0 Å². The summed E-state index contributed by atoms with van der Waals surface area (Å²) in [7, 11) is -3.74. The predicted molar refractivity (Wildman–Crippen MR) is 106 cm³/mol. The van der Waals surface area contributed by atoms with E-state index in [2.05, 4.69) is 14.8 Å². The molecule has 6 nitrogen and oxygen atoms in total. The van der Waals surface area contributed by atoms with Crippen molar-refractivity contribution in [3.63, 3.8) is 0 Å². The number of carbonyl (C=O) groups is 1. The van der Waals surface area contributed by atoms with E-state index in [1.807, 2.05) is 0 Å². The lowest BCUT2D eigenvalue weighted by Gasteiger charge is -2.13. The van der Waals surface area contributed by atoms with E-state index in [-0.39, 0.29) is 28.8 Å². The number of benzene rings is 2. The second-order valence-electron chi connectivity index (χ2n) is 6.98. The predicted octanol–water partition coefficient (Wildman–Crippen LogP) is 3.55. The molecule has 0 bridgehead atoms. The molecular formula is C20H23F3N2O4S. The molecule has 2 N–H and O–H groups in total. The molecule has 0 aromatic heterocycles. The number of nitrogens with one attached hydrogen (secondary N) is 2. The van der Waals surface area contributed by atoms with Gasteiger partial charge in [0.1, 0.15) is 5.75 Å². The molecule has 0 heterocycles. The van der Waals surface area contributed by atoms with Gasteiger partial charge in [-0.3, -0.25) is 4.79 Å². The fraction of sp³-hybridized carbons (Fsp3) is 0.350. The standard InChI is InChI=1S/C20H23F3N2O4S/c1-13(2)25-30(27,28)17-9-4-14(3)18(10-17)19(26)24-11-15-5-7-16(8-6-15)29-12-20(21,22)23/h4-10,13,25H,11-12H2,1-3H3,(H,24,26). The van der Waals surface area contributed by atoms with Gasteiger partial charge in [0, 0.05) is 18.2 Å². The van der Waals surface area contributed by atoms with Gasteiger partial charge in [-0.1, -0.05) is 18.2 Å². The molecule has 0 aliphatic heterocycles. The number of carbonyl (C=O) groups excluding carboxylic acids is 1. The quantitative estimate of drug-likeness (QED) is 0.652. The summed E-state index contributed by atoms with van der Waals surface area (Å²) in [6, 6.07) is 9.82. The number of hydrogen-bond acceptors (Lipinski definition) is 4. The fourth-order valence-electron chi connectivity index (χ4n) is 2.54. The van der Waals surface area contributed by atoms with Gasteiger partial charge in [0.25, 0.3) is 5.91 Å². The average Bonchev–Trinajstić information content (AvgIpc) is 2.64. The van der Waals surface area contributed by atoms with E-state index in [9.17, 15) is 26.4 Å². The van der Waals surface area contributed by atoms with Crippen LogP contribution in [-0.4, -0.2) is 33.1 Å². The summed E-state index contributed by atoms with van der Waals surface area (Å²) in [6.07, 6.45) is -4.42. The molecule has 0 spiro atoms. The molecule has 0 unspecified atom stereocenters. The molecule has 0 aliphatic carbocycles. The van der Waals surface area contributed by atoms with Gasteiger partial charge in [0.15, 0.2) is 6.61 Å². The Morgan fingerprint density at radius 3 is 2.30 bits per heavy atom. The summed E-state index contributed by atoms with van der Waals surface area (Å²) < 4.78 is 68.3. The lowest BCUT2D eigenvalue weighted by atomic mass is 10.1. The van der Waals surface area contributed by atoms with Gasteiger partial charge < -0.3 is 10.1 Å². The first-order valence-electron chi connectivity index (χ1n) is 9.07. The summed E-state index contributed by atoms with van der Waals surface area (Å²) in [4.78, 5) is 12.5. The van der Waals surface area contributed by atoms with Crippen LogP contribution in [0.3, 0.4) is 0 Å². The zero-order chi connectivity index (χ0) is 22.5. The first kappa shape index (κ1) is 23.7. The third-order valence-electron chi connectivity index (χ3n) is 3.93. The highest BCUT2D eigenvalue weighted by molar-refractivity contribution is 7.89. The molecule has 0 saturated heterocycles. The number of sulfonamides is 1. The molecule has 0 radical (unpaired) electrons. The van der Waals surface area contributed by atoms with Crippen molar-refractivity contribution < 1.29 is 31.1 Å². The van der Waals surface area contributed by atoms with E-state index in [0.29, 0.717) is 11.1 Å². The molecule has 164 valence electrons. The van der Waals surface area contributed by atoms with E-state index >= 15 is 0 Å². The summed E-state index contributed by atoms with van der Waals surface area (Å²) in [5.74, 6) is -0.402. The Balaban J connectivity index is 2.05. The maximum atomic E-state index is 12.5. The topological polar surface area (TPSA) is 84.5 Å². The third-order valence-corrected chi connectivity index (χ3v) is 5.59. The summed E-state index contributed by atoms with van der Waals surface area (Å²) in [5, 5.41) is 2.68. The van der Waals surface area contributed by atoms with Crippen LogP contribution in [0, 0.1) is 6.92 Å². The van der Waals surface area contributed by atoms with Gasteiger partial charge in [0.2, 0.25) is 10.0 Å². The smallest absolute Gasteiger partial charge is 0.422 e. The van der Waals surface area contributed by atoms with Crippen LogP contribution in [-0.2, 0) is 16.6 Å². The molecule has 0 saturated carbocycles. The van der Waals surface area contributed by atoms with Crippen molar-refractivity contribution in [2.75, 3.05) is 6.61 Å². The normalized spacial score (nSPS) is 12.1. The van der Waals surface area contributed by atoms with Crippen molar-refractivity contribution >= 4 is 15.9 Å². The van der Waals surface area contributed by atoms with Gasteiger partial charge >= 0.3 is 6.18 Å². The molecule has 10 heteroatoms. The maximum absolute atomic E-state index is 12.5. The molecule has 0 atom stereocenters. The number of rotatable bonds is 8. The maximum Gasteiger partial charge on any atom is 0.422 e. The Morgan fingerprint density at radius 2 is 1.73 bits per heavy atom. The first-order valence-corrected chi connectivity index (χ1v) is 10.6. The Morgan fingerprint density at radius 1 is 1.10 bits per heavy atom. The van der Waals surface area contributed by atoms with Crippen LogP contribution < -0.4 is 14.8 Å². The van der Waals surface area contributed by atoms with Crippen molar-refractivity contribution in [2.45, 2.75) is 44.4 Å². The minimum atomic E-state index is -4.42. The lowest BCUT2D eigenvalue weighted by molar-refractivity contribution is -0.153. The van der Waals surface area contributed by atoms with Crippen LogP contribution in [0.25, 0.3) is 0 Å². The minimum absolute atomic E-state index is 0.0156. The molecule has 30 heavy (non-hydrogen) atoms. The molecular weight excluding hydrogens is 421 g/mol. The van der Waals surface area contributed by atoms with Crippen LogP contribution >= 0.6 is 0 Å². The highest BCUT2D eigenvalue weighted by Gasteiger charge is 2.28. The first-order chi connectivity index (χ1) is 13.9. The van der Waals surface area contributed by atoms with Crippen molar-refractivity contribution in [3.05, 3.63) is 59.2 Å². The van der Waals surface area contributed by atoms with Crippen LogP contribution in [0.5, 0.6) is 5.75 Å². The highest BCUT2D eigenvalue weighted by Crippen LogP contribution is 2.19. The van der Waals surface area contributed by atoms with Crippen LogP contribution in [0.4, 0.5) is 13.2 Å². The Kier molecular flexibility index (Phi) is 7.49. The Hall–Kier alpha value is -2.59. The zero-order valence-electron chi connectivity index (χ0n) is 16.7. The number of alkyl halides is 3. The van der Waals surface area contributed by atoms with Crippen LogP contribution in [0.15, 0.2) is 47.4 Å². The van der Waals surface area contributed by atoms with Crippen LogP contribution in [0.2, 0.25) is 0 Å². The molecule has 1 amide bonds. The fourth-order valence-corrected chi connectivity index (χ4v) is 3.81. The van der Waals surface area contributed by atoms with Crippen molar-refractivity contribution in [1.29, 1.82) is 0 Å². The number of halogens is 3. The monoisotopic (exact) mass is 444 g/mol. The van der Waals surface area contributed by atoms with Gasteiger partial charge in [0.05, 0.1) is 4.90 Å². The van der Waals surface area contributed by atoms with Gasteiger partial charge in [-0.15, -0.1) is 0 Å². The van der Waals surface area contributed by atoms with E-state index in [1.54, 1.807) is 26.8 Å². The number of amides is 1. The summed E-state index contributed by atoms with van der Waals surface area (Å²) >= 11 is 0. The van der Waals surface area contributed by atoms with Crippen LogP contribution in [0.1, 0.15) is 35.3 Å². The summed E-state index contributed by atoms with van der Waals surface area (Å²) in [6.45, 7) is 3.80. The van der Waals surface area contributed by atoms with E-state index in [0.717, 1.165) is 0 Å². The molecule has 0 fully saturated rings. The molecule has 0 aliphatic rings. The largest absolute Gasteiger partial charge is 0.484 e. The molecule has 2 aromatic rings. The van der Waals surface area contributed by atoms with Gasteiger partial charge in [-0.05, 0) is 56.2 Å². The molecule has 2 aromatic carbocycles. The average molecular weight is 444 g/mol. The second kappa shape index (κ2) is 9.48. The minimum Gasteiger partial charge on any atom is -0.484 e. The van der Waals surface area contributed by atoms with Crippen molar-refractivity contribution in [1.82, 2.24) is 10.0 Å². The SMILES string of the molecule is Cc1ccc(S(=O)(=O)NC(C)C)cc1C(=O)NCc1ccc(OCC(F)(F)F)cc1. The van der Waals surface area contributed by atoms with Crippen molar-refractivity contribution in [3.8, 4) is 5.75 Å². The zero-order valence-corrected chi connectivity index (χ0v) is 17.5. The van der Waals surface area contributed by atoms with Gasteiger partial charge in [-0.25, -0.2) is 13.1 Å². The van der Waals surface area contributed by atoms with E-state index in [4.69, 9.17) is 0 Å². The number of hydrogen-bond donors (Lipinski definition) is 2.